The van der Waals surface area contributed by atoms with Crippen LogP contribution in [0.25, 0.3) is 0 Å². The summed E-state index contributed by atoms with van der Waals surface area (Å²) in [5.41, 5.74) is 2.70. The number of aliphatic hydroxyl groups is 1. The average molecular weight is 587 g/mol. The van der Waals surface area contributed by atoms with Gasteiger partial charge >= 0.3 is 0 Å². The number of likely N-dealkylation sites (N-methyl/N-ethyl adjacent to an activating group) is 1. The molecule has 4 aliphatic rings. The zero-order valence-corrected chi connectivity index (χ0v) is 25.0. The predicted molar refractivity (Wildman–Crippen MR) is 168 cm³/mol. The minimum absolute atomic E-state index is 0.0753. The summed E-state index contributed by atoms with van der Waals surface area (Å²) in [6.45, 7) is 5.15. The molecule has 9 heteroatoms. The van der Waals surface area contributed by atoms with Crippen LogP contribution in [0.3, 0.4) is 0 Å². The maximum Gasteiger partial charge on any atom is 0.253 e. The van der Waals surface area contributed by atoms with E-state index in [1.54, 1.807) is 0 Å². The molecule has 42 heavy (non-hydrogen) atoms. The van der Waals surface area contributed by atoms with E-state index in [4.69, 9.17) is 16.6 Å². The van der Waals surface area contributed by atoms with Gasteiger partial charge in [-0.25, -0.2) is 4.99 Å². The van der Waals surface area contributed by atoms with Gasteiger partial charge in [0.1, 0.15) is 5.82 Å². The highest BCUT2D eigenvalue weighted by atomic mass is 35.5. The van der Waals surface area contributed by atoms with E-state index in [0.29, 0.717) is 29.5 Å². The van der Waals surface area contributed by atoms with Crippen LogP contribution < -0.4 is 10.6 Å². The van der Waals surface area contributed by atoms with Gasteiger partial charge in [0.05, 0.1) is 17.3 Å². The lowest BCUT2D eigenvalue weighted by Gasteiger charge is -2.43. The smallest absolute Gasteiger partial charge is 0.253 e. The van der Waals surface area contributed by atoms with E-state index in [1.165, 1.54) is 0 Å². The van der Waals surface area contributed by atoms with Gasteiger partial charge in [0, 0.05) is 54.7 Å². The van der Waals surface area contributed by atoms with Crippen molar-refractivity contribution in [2.45, 2.75) is 50.3 Å². The van der Waals surface area contributed by atoms with Crippen LogP contribution in [0.2, 0.25) is 5.02 Å². The molecule has 2 saturated heterocycles. The fraction of sp³-hybridized carbons (Fsp3) is 0.394. The number of nitrogens with one attached hydrogen (secondary N) is 2. The lowest BCUT2D eigenvalue weighted by Crippen LogP contribution is -2.48. The number of hydrogen-bond acceptors (Lipinski definition) is 7. The third-order valence-electron chi connectivity index (χ3n) is 8.93. The Labute approximate surface area is 253 Å². The van der Waals surface area contributed by atoms with Gasteiger partial charge < -0.3 is 30.4 Å². The summed E-state index contributed by atoms with van der Waals surface area (Å²) >= 11 is 6.08. The van der Waals surface area contributed by atoms with Gasteiger partial charge in [0.25, 0.3) is 5.91 Å². The Bertz CT molecular complexity index is 1420. The van der Waals surface area contributed by atoms with E-state index in [-0.39, 0.29) is 11.9 Å². The molecule has 1 amide bonds. The quantitative estimate of drug-likeness (QED) is 0.427. The molecule has 4 aliphatic heterocycles. The Morgan fingerprint density at radius 1 is 1.10 bits per heavy atom. The number of amidine groups is 1. The van der Waals surface area contributed by atoms with E-state index in [1.807, 2.05) is 60.5 Å². The molecule has 2 unspecified atom stereocenters. The van der Waals surface area contributed by atoms with Gasteiger partial charge in [0.2, 0.25) is 0 Å². The van der Waals surface area contributed by atoms with Crippen molar-refractivity contribution in [3.63, 3.8) is 0 Å². The zero-order chi connectivity index (χ0) is 29.3. The molecule has 3 N–H and O–H groups in total. The third kappa shape index (κ3) is 5.71. The minimum atomic E-state index is -0.865. The minimum Gasteiger partial charge on any atom is -0.385 e. The van der Waals surface area contributed by atoms with Crippen LogP contribution in [0.15, 0.2) is 89.5 Å². The fourth-order valence-corrected chi connectivity index (χ4v) is 6.43. The van der Waals surface area contributed by atoms with Gasteiger partial charge in [-0.15, -0.1) is 0 Å². The highest BCUT2D eigenvalue weighted by molar-refractivity contribution is 6.30. The molecule has 2 aromatic rings. The van der Waals surface area contributed by atoms with Gasteiger partial charge in [-0.05, 0) is 92.9 Å². The highest BCUT2D eigenvalue weighted by Crippen LogP contribution is 2.36. The Balaban J connectivity index is 1.15. The Hall–Kier alpha value is -3.59. The number of anilines is 1. The van der Waals surface area contributed by atoms with E-state index < -0.39 is 5.60 Å². The van der Waals surface area contributed by atoms with Crippen LogP contribution in [0.1, 0.15) is 48.5 Å². The van der Waals surface area contributed by atoms with Crippen molar-refractivity contribution in [2.24, 2.45) is 4.99 Å². The number of fused-ring (bicyclic) bond motifs is 1. The van der Waals surface area contributed by atoms with Crippen molar-refractivity contribution in [2.75, 3.05) is 38.5 Å². The number of rotatable bonds is 7. The number of benzene rings is 2. The summed E-state index contributed by atoms with van der Waals surface area (Å²) in [6.07, 6.45) is 11.6. The van der Waals surface area contributed by atoms with Crippen molar-refractivity contribution < 1.29 is 9.90 Å². The molecule has 0 spiro atoms. The molecule has 2 fully saturated rings. The molecule has 2 aromatic carbocycles. The number of carbonyl (C=O) groups excluding carboxylic acids is 1. The SMILES string of the molecule is CCC1C=C(Nc2ccc(C(=O)N3CCC(NC)C3)cc2)N=C2C(N3CCC(O)(c4ccc(Cl)cc4)CC3)=CC=CN21. The molecule has 4 heterocycles. The maximum atomic E-state index is 13.0. The molecule has 2 atom stereocenters. The molecule has 0 radical (unpaired) electrons. The number of piperidine rings is 1. The lowest BCUT2D eigenvalue weighted by molar-refractivity contribution is -0.0176. The van der Waals surface area contributed by atoms with Crippen molar-refractivity contribution in [3.8, 4) is 0 Å². The van der Waals surface area contributed by atoms with Gasteiger partial charge in [-0.2, -0.15) is 0 Å². The zero-order valence-electron chi connectivity index (χ0n) is 24.3. The van der Waals surface area contributed by atoms with Crippen LogP contribution in [-0.2, 0) is 5.60 Å². The van der Waals surface area contributed by atoms with Crippen molar-refractivity contribution in [1.82, 2.24) is 20.0 Å². The van der Waals surface area contributed by atoms with Crippen LogP contribution in [0, 0.1) is 0 Å². The predicted octanol–water partition coefficient (Wildman–Crippen LogP) is 4.91. The van der Waals surface area contributed by atoms with Crippen molar-refractivity contribution >= 4 is 29.0 Å². The number of amides is 1. The number of aliphatic imine (C=N–C) groups is 1. The van der Waals surface area contributed by atoms with E-state index in [2.05, 4.69) is 51.8 Å². The normalized spacial score (nSPS) is 23.2. The molecule has 8 nitrogen and oxygen atoms in total. The van der Waals surface area contributed by atoms with Gasteiger partial charge in [-0.1, -0.05) is 30.7 Å². The number of hydrogen-bond donors (Lipinski definition) is 3. The lowest BCUT2D eigenvalue weighted by atomic mass is 9.84. The Kier molecular flexibility index (Phi) is 8.12. The topological polar surface area (TPSA) is 83.4 Å². The van der Waals surface area contributed by atoms with Crippen LogP contribution >= 0.6 is 11.6 Å². The Morgan fingerprint density at radius 3 is 2.50 bits per heavy atom. The summed E-state index contributed by atoms with van der Waals surface area (Å²) in [6, 6.07) is 15.7. The third-order valence-corrected chi connectivity index (χ3v) is 9.18. The second-order valence-corrected chi connectivity index (χ2v) is 12.0. The molecular formula is C33H39ClN6O2. The van der Waals surface area contributed by atoms with Crippen molar-refractivity contribution in [1.29, 1.82) is 0 Å². The number of halogens is 1. The van der Waals surface area contributed by atoms with Gasteiger partial charge in [0.15, 0.2) is 5.84 Å². The summed E-state index contributed by atoms with van der Waals surface area (Å²) in [7, 11) is 1.95. The van der Waals surface area contributed by atoms with Crippen LogP contribution in [0.5, 0.6) is 0 Å². The van der Waals surface area contributed by atoms with E-state index in [0.717, 1.165) is 67.6 Å². The molecule has 0 aliphatic carbocycles. The highest BCUT2D eigenvalue weighted by Gasteiger charge is 2.37. The number of nitrogens with zero attached hydrogens (tertiary/aromatic N) is 4. The van der Waals surface area contributed by atoms with Crippen LogP contribution in [0.4, 0.5) is 5.69 Å². The Morgan fingerprint density at radius 2 is 1.83 bits per heavy atom. The standard InChI is InChI=1S/C33H39ClN6O2/c1-3-28-21-30(36-26-12-6-23(7-13-26)32(41)39-18-14-27(22-39)35-2)37-31-29(5-4-17-40(28)31)38-19-15-33(42,16-20-38)24-8-10-25(34)11-9-24/h4-13,17,21,27-28,35-36,42H,3,14-16,18-20,22H2,1-2H3. The number of likely N-dealkylation sites (tertiary alicyclic amines) is 2. The first-order valence-corrected chi connectivity index (χ1v) is 15.3. The largest absolute Gasteiger partial charge is 0.385 e. The molecule has 220 valence electrons. The fourth-order valence-electron chi connectivity index (χ4n) is 6.31. The first-order chi connectivity index (χ1) is 20.4. The summed E-state index contributed by atoms with van der Waals surface area (Å²) < 4.78 is 0. The number of carbonyl (C=O) groups is 1. The van der Waals surface area contributed by atoms with E-state index >= 15 is 0 Å². The summed E-state index contributed by atoms with van der Waals surface area (Å²) in [5, 5.41) is 18.8. The summed E-state index contributed by atoms with van der Waals surface area (Å²) in [4.78, 5) is 24.5. The molecule has 0 bridgehead atoms. The summed E-state index contributed by atoms with van der Waals surface area (Å²) in [5.74, 6) is 1.78. The molecule has 0 aromatic heterocycles. The molecular weight excluding hydrogens is 548 g/mol. The average Bonchev–Trinajstić information content (AvgIpc) is 3.51. The first-order valence-electron chi connectivity index (χ1n) is 14.9. The second kappa shape index (κ2) is 12.0. The van der Waals surface area contributed by atoms with Crippen molar-refractivity contribution in [3.05, 3.63) is 101 Å². The maximum absolute atomic E-state index is 13.0. The monoisotopic (exact) mass is 586 g/mol. The molecule has 6 rings (SSSR count). The van der Waals surface area contributed by atoms with Crippen LogP contribution in [-0.4, -0.2) is 76.9 Å². The molecule has 0 saturated carbocycles. The second-order valence-electron chi connectivity index (χ2n) is 11.5. The number of allylic oxidation sites excluding steroid dienone is 2. The van der Waals surface area contributed by atoms with E-state index in [9.17, 15) is 9.90 Å². The first kappa shape index (κ1) is 28.5. The van der Waals surface area contributed by atoms with Gasteiger partial charge in [-0.3, -0.25) is 4.79 Å².